The van der Waals surface area contributed by atoms with Crippen LogP contribution in [0.15, 0.2) is 29.2 Å². The largest absolute Gasteiger partial charge is 0.273 e. The van der Waals surface area contributed by atoms with Crippen LogP contribution in [0.3, 0.4) is 0 Å². The first kappa shape index (κ1) is 17.3. The molecule has 0 aromatic heterocycles. The SMILES string of the molecule is Cc1cccc(S(=O)(=O)NC(=O)CS[C@@H]2CCS(=O)(=O)C2)c1. The van der Waals surface area contributed by atoms with E-state index < -0.39 is 25.8 Å². The van der Waals surface area contributed by atoms with Crippen molar-refractivity contribution in [1.29, 1.82) is 0 Å². The molecule has 0 saturated carbocycles. The zero-order valence-corrected chi connectivity index (χ0v) is 14.4. The molecule has 0 radical (unpaired) electrons. The highest BCUT2D eigenvalue weighted by Crippen LogP contribution is 2.24. The van der Waals surface area contributed by atoms with Crippen LogP contribution in [0.25, 0.3) is 0 Å². The smallest absolute Gasteiger partial charge is 0.264 e. The number of hydrogen-bond donors (Lipinski definition) is 1. The van der Waals surface area contributed by atoms with Gasteiger partial charge in [0.25, 0.3) is 10.0 Å². The molecule has 1 heterocycles. The lowest BCUT2D eigenvalue weighted by Crippen LogP contribution is -2.32. The van der Waals surface area contributed by atoms with Gasteiger partial charge in [0.15, 0.2) is 9.84 Å². The van der Waals surface area contributed by atoms with Crippen molar-refractivity contribution in [1.82, 2.24) is 4.72 Å². The number of sulfonamides is 1. The molecule has 1 aromatic carbocycles. The lowest BCUT2D eigenvalue weighted by Gasteiger charge is -2.09. The number of aryl methyl sites for hydroxylation is 1. The van der Waals surface area contributed by atoms with E-state index in [1.54, 1.807) is 19.1 Å². The molecule has 1 aliphatic rings. The molecular weight excluding hydrogens is 346 g/mol. The third-order valence-electron chi connectivity index (χ3n) is 3.19. The van der Waals surface area contributed by atoms with Gasteiger partial charge in [-0.25, -0.2) is 21.6 Å². The molecule has 0 unspecified atom stereocenters. The van der Waals surface area contributed by atoms with Crippen LogP contribution in [0.1, 0.15) is 12.0 Å². The number of amides is 1. The van der Waals surface area contributed by atoms with Gasteiger partial charge in [-0.3, -0.25) is 4.79 Å². The molecule has 0 aliphatic carbocycles. The van der Waals surface area contributed by atoms with Crippen molar-refractivity contribution in [2.24, 2.45) is 0 Å². The highest BCUT2D eigenvalue weighted by atomic mass is 32.2. The first-order valence-corrected chi connectivity index (χ1v) is 11.0. The van der Waals surface area contributed by atoms with Crippen LogP contribution in [0.4, 0.5) is 0 Å². The summed E-state index contributed by atoms with van der Waals surface area (Å²) in [4.78, 5) is 11.8. The number of sulfone groups is 1. The topological polar surface area (TPSA) is 97.4 Å². The normalized spacial score (nSPS) is 20.7. The first-order chi connectivity index (χ1) is 10.2. The van der Waals surface area contributed by atoms with Crippen LogP contribution in [0.5, 0.6) is 0 Å². The number of rotatable bonds is 5. The van der Waals surface area contributed by atoms with Crippen molar-refractivity contribution in [2.45, 2.75) is 23.5 Å². The third-order valence-corrected chi connectivity index (χ3v) is 7.84. The Morgan fingerprint density at radius 3 is 2.73 bits per heavy atom. The molecule has 2 rings (SSSR count). The second-order valence-corrected chi connectivity index (χ2v) is 10.4. The average molecular weight is 363 g/mol. The number of thioether (sulfide) groups is 1. The summed E-state index contributed by atoms with van der Waals surface area (Å²) in [6.07, 6.45) is 0.505. The van der Waals surface area contributed by atoms with E-state index in [-0.39, 0.29) is 27.4 Å². The summed E-state index contributed by atoms with van der Waals surface area (Å²) in [5.41, 5.74) is 0.779. The minimum absolute atomic E-state index is 0.0364. The minimum atomic E-state index is -3.88. The summed E-state index contributed by atoms with van der Waals surface area (Å²) < 4.78 is 48.8. The number of hydrogen-bond acceptors (Lipinski definition) is 6. The first-order valence-electron chi connectivity index (χ1n) is 6.62. The minimum Gasteiger partial charge on any atom is -0.273 e. The fourth-order valence-electron chi connectivity index (χ4n) is 2.11. The van der Waals surface area contributed by atoms with E-state index in [2.05, 4.69) is 0 Å². The van der Waals surface area contributed by atoms with Gasteiger partial charge < -0.3 is 0 Å². The number of benzene rings is 1. The van der Waals surface area contributed by atoms with E-state index in [4.69, 9.17) is 0 Å². The maximum absolute atomic E-state index is 12.1. The van der Waals surface area contributed by atoms with Crippen LogP contribution in [0.2, 0.25) is 0 Å². The Labute approximate surface area is 134 Å². The highest BCUT2D eigenvalue weighted by Gasteiger charge is 2.29. The molecule has 9 heteroatoms. The summed E-state index contributed by atoms with van der Waals surface area (Å²) in [6.45, 7) is 1.76. The van der Waals surface area contributed by atoms with Gasteiger partial charge in [-0.05, 0) is 31.0 Å². The van der Waals surface area contributed by atoms with Crippen molar-refractivity contribution >= 4 is 37.5 Å². The summed E-state index contributed by atoms with van der Waals surface area (Å²) in [6, 6.07) is 6.26. The summed E-state index contributed by atoms with van der Waals surface area (Å²) in [5, 5.41) is -0.141. The highest BCUT2D eigenvalue weighted by molar-refractivity contribution is 8.02. The molecule has 22 heavy (non-hydrogen) atoms. The van der Waals surface area contributed by atoms with Crippen molar-refractivity contribution in [2.75, 3.05) is 17.3 Å². The average Bonchev–Trinajstić information content (AvgIpc) is 2.76. The Morgan fingerprint density at radius 2 is 2.14 bits per heavy atom. The van der Waals surface area contributed by atoms with Crippen LogP contribution in [0, 0.1) is 6.92 Å². The lowest BCUT2D eigenvalue weighted by atomic mass is 10.2. The lowest BCUT2D eigenvalue weighted by molar-refractivity contribution is -0.116. The van der Waals surface area contributed by atoms with E-state index in [0.29, 0.717) is 6.42 Å². The number of nitrogens with one attached hydrogen (secondary N) is 1. The van der Waals surface area contributed by atoms with E-state index in [1.807, 2.05) is 4.72 Å². The van der Waals surface area contributed by atoms with Crippen molar-refractivity contribution in [3.8, 4) is 0 Å². The fourth-order valence-corrected chi connectivity index (χ4v) is 6.73. The van der Waals surface area contributed by atoms with Crippen molar-refractivity contribution in [3.63, 3.8) is 0 Å². The van der Waals surface area contributed by atoms with E-state index in [1.165, 1.54) is 23.9 Å². The molecule has 1 N–H and O–H groups in total. The summed E-state index contributed by atoms with van der Waals surface area (Å²) >= 11 is 1.18. The predicted molar refractivity (Wildman–Crippen MR) is 86.0 cm³/mol. The molecule has 1 saturated heterocycles. The molecular formula is C13H17NO5S3. The van der Waals surface area contributed by atoms with Gasteiger partial charge in [0.1, 0.15) is 0 Å². The Morgan fingerprint density at radius 1 is 1.41 bits per heavy atom. The second kappa shape index (κ2) is 6.59. The molecule has 1 aromatic rings. The van der Waals surface area contributed by atoms with Gasteiger partial charge in [0.05, 0.1) is 22.2 Å². The maximum Gasteiger partial charge on any atom is 0.264 e. The summed E-state index contributed by atoms with van der Waals surface area (Å²) in [7, 11) is -6.88. The molecule has 122 valence electrons. The van der Waals surface area contributed by atoms with Crippen LogP contribution >= 0.6 is 11.8 Å². The number of carbonyl (C=O) groups excluding carboxylic acids is 1. The Balaban J connectivity index is 1.92. The Hall–Kier alpha value is -1.06. The van der Waals surface area contributed by atoms with Gasteiger partial charge in [-0.2, -0.15) is 0 Å². The number of carbonyl (C=O) groups is 1. The molecule has 1 amide bonds. The molecule has 6 nitrogen and oxygen atoms in total. The van der Waals surface area contributed by atoms with Crippen LogP contribution in [-0.2, 0) is 24.7 Å². The zero-order valence-electron chi connectivity index (χ0n) is 12.0. The predicted octanol–water partition coefficient (Wildman–Crippen LogP) is 0.720. The van der Waals surface area contributed by atoms with E-state index >= 15 is 0 Å². The van der Waals surface area contributed by atoms with E-state index in [9.17, 15) is 21.6 Å². The molecule has 1 fully saturated rings. The van der Waals surface area contributed by atoms with Gasteiger partial charge >= 0.3 is 0 Å². The molecule has 1 atom stereocenters. The van der Waals surface area contributed by atoms with Crippen LogP contribution < -0.4 is 4.72 Å². The maximum atomic E-state index is 12.1. The zero-order chi connectivity index (χ0) is 16.4. The Bertz CT molecular complexity index is 771. The van der Waals surface area contributed by atoms with Gasteiger partial charge in [0.2, 0.25) is 5.91 Å². The monoisotopic (exact) mass is 363 g/mol. The fraction of sp³-hybridized carbons (Fsp3) is 0.462. The van der Waals surface area contributed by atoms with Crippen LogP contribution in [-0.4, -0.2) is 45.3 Å². The molecule has 0 bridgehead atoms. The van der Waals surface area contributed by atoms with Gasteiger partial charge in [-0.15, -0.1) is 11.8 Å². The quantitative estimate of drug-likeness (QED) is 0.828. The Kier molecular flexibility index (Phi) is 5.18. The molecule has 0 spiro atoms. The van der Waals surface area contributed by atoms with Crippen molar-refractivity contribution < 1.29 is 21.6 Å². The van der Waals surface area contributed by atoms with Crippen molar-refractivity contribution in [3.05, 3.63) is 29.8 Å². The van der Waals surface area contributed by atoms with Gasteiger partial charge in [0, 0.05) is 5.25 Å². The molecule has 1 aliphatic heterocycles. The second-order valence-electron chi connectivity index (χ2n) is 5.18. The third kappa shape index (κ3) is 4.72. The van der Waals surface area contributed by atoms with E-state index in [0.717, 1.165) is 5.56 Å². The summed E-state index contributed by atoms with van der Waals surface area (Å²) in [5.74, 6) is -0.537. The van der Waals surface area contributed by atoms with Gasteiger partial charge in [-0.1, -0.05) is 12.1 Å². The standard InChI is InChI=1S/C13H17NO5S3/c1-10-3-2-4-12(7-10)22(18,19)14-13(15)8-20-11-5-6-21(16,17)9-11/h2-4,7,11H,5-6,8-9H2,1H3,(H,14,15)/t11-/m1/s1.